The summed E-state index contributed by atoms with van der Waals surface area (Å²) in [5, 5.41) is 13.4. The topological polar surface area (TPSA) is 70.7 Å². The van der Waals surface area contributed by atoms with Gasteiger partial charge in [-0.3, -0.25) is 4.79 Å². The average molecular weight is 226 g/mol. The Labute approximate surface area is 92.4 Å². The molecule has 2 atom stereocenters. The van der Waals surface area contributed by atoms with Crippen molar-refractivity contribution in [2.75, 3.05) is 6.26 Å². The monoisotopic (exact) mass is 226 g/mol. The van der Waals surface area contributed by atoms with Gasteiger partial charge in [-0.15, -0.1) is 0 Å². The molecule has 1 heterocycles. The van der Waals surface area contributed by atoms with E-state index >= 15 is 0 Å². The molecule has 2 rings (SSSR count). The lowest BCUT2D eigenvalue weighted by Crippen LogP contribution is -2.33. The van der Waals surface area contributed by atoms with Gasteiger partial charge in [0.2, 0.25) is 0 Å². The highest BCUT2D eigenvalue weighted by Crippen LogP contribution is 2.28. The van der Waals surface area contributed by atoms with E-state index in [9.17, 15) is 4.79 Å². The summed E-state index contributed by atoms with van der Waals surface area (Å²) < 4.78 is 0. The second kappa shape index (κ2) is 4.65. The lowest BCUT2D eigenvalue weighted by Gasteiger charge is -2.10. The maximum absolute atomic E-state index is 11.6. The molecule has 0 radical (unpaired) electrons. The number of nitrogens with one attached hydrogen (secondary N) is 2. The van der Waals surface area contributed by atoms with Gasteiger partial charge in [0.25, 0.3) is 5.91 Å². The van der Waals surface area contributed by atoms with E-state index in [1.807, 2.05) is 11.8 Å². The largest absolute Gasteiger partial charge is 0.348 e. The van der Waals surface area contributed by atoms with Gasteiger partial charge in [0.05, 0.1) is 6.20 Å². The first kappa shape index (κ1) is 10.5. The van der Waals surface area contributed by atoms with Crippen molar-refractivity contribution >= 4 is 17.7 Å². The summed E-state index contributed by atoms with van der Waals surface area (Å²) >= 11 is 1.88. The summed E-state index contributed by atoms with van der Waals surface area (Å²) in [7, 11) is 0. The van der Waals surface area contributed by atoms with Gasteiger partial charge in [-0.05, 0) is 25.5 Å². The van der Waals surface area contributed by atoms with Crippen LogP contribution < -0.4 is 5.32 Å². The van der Waals surface area contributed by atoms with Crippen LogP contribution in [-0.2, 0) is 0 Å². The van der Waals surface area contributed by atoms with Crippen LogP contribution in [0.1, 0.15) is 29.8 Å². The van der Waals surface area contributed by atoms with Crippen LogP contribution in [0.2, 0.25) is 0 Å². The van der Waals surface area contributed by atoms with Crippen LogP contribution in [0.5, 0.6) is 0 Å². The van der Waals surface area contributed by atoms with Gasteiger partial charge in [0.1, 0.15) is 0 Å². The van der Waals surface area contributed by atoms with Gasteiger partial charge >= 0.3 is 0 Å². The van der Waals surface area contributed by atoms with Crippen molar-refractivity contribution in [1.82, 2.24) is 20.7 Å². The molecule has 1 amide bonds. The van der Waals surface area contributed by atoms with Crippen molar-refractivity contribution in [2.45, 2.75) is 30.6 Å². The SMILES string of the molecule is CSC1CCC(NC(=O)c2cn[nH]n2)C1. The number of amides is 1. The fourth-order valence-corrected chi connectivity index (χ4v) is 2.65. The normalized spacial score (nSPS) is 25.4. The molecule has 82 valence electrons. The molecule has 0 aromatic carbocycles. The lowest BCUT2D eigenvalue weighted by atomic mass is 10.2. The van der Waals surface area contributed by atoms with E-state index in [4.69, 9.17) is 0 Å². The highest BCUT2D eigenvalue weighted by molar-refractivity contribution is 7.99. The maximum atomic E-state index is 11.6. The molecular formula is C9H14N4OS. The van der Waals surface area contributed by atoms with E-state index < -0.39 is 0 Å². The van der Waals surface area contributed by atoms with Gasteiger partial charge in [0.15, 0.2) is 5.69 Å². The van der Waals surface area contributed by atoms with Crippen molar-refractivity contribution in [3.8, 4) is 0 Å². The van der Waals surface area contributed by atoms with Gasteiger partial charge in [0, 0.05) is 11.3 Å². The number of hydrogen-bond donors (Lipinski definition) is 2. The maximum Gasteiger partial charge on any atom is 0.273 e. The summed E-state index contributed by atoms with van der Waals surface area (Å²) in [6.07, 6.45) is 6.87. The minimum absolute atomic E-state index is 0.129. The Kier molecular flexibility index (Phi) is 3.25. The van der Waals surface area contributed by atoms with E-state index in [2.05, 4.69) is 27.0 Å². The number of thioether (sulfide) groups is 1. The Hall–Kier alpha value is -1.04. The third-order valence-corrected chi connectivity index (χ3v) is 3.80. The zero-order chi connectivity index (χ0) is 10.7. The number of hydrogen-bond acceptors (Lipinski definition) is 4. The Balaban J connectivity index is 1.86. The number of aromatic amines is 1. The Bertz CT molecular complexity index is 327. The second-order valence-corrected chi connectivity index (χ2v) is 4.83. The molecule has 15 heavy (non-hydrogen) atoms. The van der Waals surface area contributed by atoms with Crippen LogP contribution in [0.3, 0.4) is 0 Å². The van der Waals surface area contributed by atoms with E-state index in [1.54, 1.807) is 0 Å². The molecule has 6 heteroatoms. The lowest BCUT2D eigenvalue weighted by molar-refractivity contribution is 0.0933. The fraction of sp³-hybridized carbons (Fsp3) is 0.667. The van der Waals surface area contributed by atoms with Crippen molar-refractivity contribution < 1.29 is 4.79 Å². The highest BCUT2D eigenvalue weighted by atomic mass is 32.2. The summed E-state index contributed by atoms with van der Waals surface area (Å²) in [4.78, 5) is 11.6. The predicted molar refractivity (Wildman–Crippen MR) is 58.8 cm³/mol. The zero-order valence-corrected chi connectivity index (χ0v) is 9.38. The minimum Gasteiger partial charge on any atom is -0.348 e. The van der Waals surface area contributed by atoms with E-state index in [1.165, 1.54) is 12.6 Å². The average Bonchev–Trinajstić information content (AvgIpc) is 2.87. The molecule has 2 unspecified atom stereocenters. The number of H-pyrrole nitrogens is 1. The van der Waals surface area contributed by atoms with Gasteiger partial charge in [-0.25, -0.2) is 0 Å². The quantitative estimate of drug-likeness (QED) is 0.800. The number of aromatic nitrogens is 3. The first-order valence-corrected chi connectivity index (χ1v) is 6.28. The standard InChI is InChI=1S/C9H14N4OS/c1-15-7-3-2-6(4-7)11-9(14)8-5-10-13-12-8/h5-7H,2-4H2,1H3,(H,11,14)(H,10,12,13). The third kappa shape index (κ3) is 2.50. The molecule has 0 bridgehead atoms. The summed E-state index contributed by atoms with van der Waals surface area (Å²) in [6.45, 7) is 0. The number of rotatable bonds is 3. The molecule has 1 aromatic heterocycles. The van der Waals surface area contributed by atoms with Crippen molar-refractivity contribution in [2.24, 2.45) is 0 Å². The molecule has 0 saturated heterocycles. The molecule has 0 spiro atoms. The molecular weight excluding hydrogens is 212 g/mol. The van der Waals surface area contributed by atoms with Crippen molar-refractivity contribution in [3.63, 3.8) is 0 Å². The Morgan fingerprint density at radius 3 is 3.13 bits per heavy atom. The second-order valence-electron chi connectivity index (χ2n) is 3.70. The summed E-state index contributed by atoms with van der Waals surface area (Å²) in [5.74, 6) is -0.129. The fourth-order valence-electron chi connectivity index (χ4n) is 1.86. The van der Waals surface area contributed by atoms with Gasteiger partial charge in [-0.2, -0.15) is 27.2 Å². The van der Waals surface area contributed by atoms with E-state index in [0.717, 1.165) is 12.8 Å². The number of carbonyl (C=O) groups excluding carboxylic acids is 1. The van der Waals surface area contributed by atoms with Crippen LogP contribution in [0, 0.1) is 0 Å². The predicted octanol–water partition coefficient (Wildman–Crippen LogP) is 0.819. The molecule has 0 aliphatic heterocycles. The Morgan fingerprint density at radius 1 is 1.67 bits per heavy atom. The molecule has 1 fully saturated rings. The molecule has 1 aromatic rings. The minimum atomic E-state index is -0.129. The van der Waals surface area contributed by atoms with E-state index in [-0.39, 0.29) is 5.91 Å². The van der Waals surface area contributed by atoms with Crippen molar-refractivity contribution in [1.29, 1.82) is 0 Å². The molecule has 1 aliphatic rings. The van der Waals surface area contributed by atoms with Gasteiger partial charge in [-0.1, -0.05) is 0 Å². The Morgan fingerprint density at radius 2 is 2.53 bits per heavy atom. The van der Waals surface area contributed by atoms with Crippen LogP contribution in [0.15, 0.2) is 6.20 Å². The number of nitrogens with zero attached hydrogens (tertiary/aromatic N) is 2. The molecule has 2 N–H and O–H groups in total. The first-order valence-electron chi connectivity index (χ1n) is 4.99. The third-order valence-electron chi connectivity index (χ3n) is 2.70. The van der Waals surface area contributed by atoms with Crippen LogP contribution in [-0.4, -0.2) is 38.9 Å². The first-order chi connectivity index (χ1) is 7.29. The highest BCUT2D eigenvalue weighted by Gasteiger charge is 2.25. The zero-order valence-electron chi connectivity index (χ0n) is 8.56. The van der Waals surface area contributed by atoms with E-state index in [0.29, 0.717) is 17.0 Å². The molecule has 1 aliphatic carbocycles. The summed E-state index contributed by atoms with van der Waals surface area (Å²) in [5.41, 5.74) is 0.364. The van der Waals surface area contributed by atoms with Crippen LogP contribution in [0.4, 0.5) is 0 Å². The molecule has 5 nitrogen and oxygen atoms in total. The van der Waals surface area contributed by atoms with Crippen LogP contribution >= 0.6 is 11.8 Å². The number of carbonyl (C=O) groups is 1. The van der Waals surface area contributed by atoms with Crippen molar-refractivity contribution in [3.05, 3.63) is 11.9 Å². The smallest absolute Gasteiger partial charge is 0.273 e. The van der Waals surface area contributed by atoms with Crippen LogP contribution in [0.25, 0.3) is 0 Å². The summed E-state index contributed by atoms with van der Waals surface area (Å²) in [6, 6.07) is 0.298. The van der Waals surface area contributed by atoms with Gasteiger partial charge < -0.3 is 5.32 Å². The molecule has 1 saturated carbocycles.